The zero-order valence-electron chi connectivity index (χ0n) is 22.7. The summed E-state index contributed by atoms with van der Waals surface area (Å²) in [6, 6.07) is 5.48. The van der Waals surface area contributed by atoms with Gasteiger partial charge in [-0.3, -0.25) is 4.79 Å². The Kier molecular flexibility index (Phi) is 24.3. The van der Waals surface area contributed by atoms with Crippen molar-refractivity contribution in [2.24, 2.45) is 0 Å². The number of aliphatic hydroxyl groups excluding tert-OH is 1. The first-order valence-corrected chi connectivity index (χ1v) is 12.2. The zero-order chi connectivity index (χ0) is 24.9. The van der Waals surface area contributed by atoms with Crippen LogP contribution in [0, 0.1) is 0 Å². The molecule has 1 atom stereocenters. The van der Waals surface area contributed by atoms with Gasteiger partial charge in [-0.15, -0.1) is 0 Å². The van der Waals surface area contributed by atoms with Crippen molar-refractivity contribution in [1.29, 1.82) is 0 Å². The topological polar surface area (TPSA) is 132 Å². The van der Waals surface area contributed by atoms with Gasteiger partial charge >= 0.3 is 55.6 Å². The molecule has 0 saturated heterocycles. The van der Waals surface area contributed by atoms with E-state index in [1.807, 2.05) is 0 Å². The maximum atomic E-state index is 10.5. The van der Waals surface area contributed by atoms with Gasteiger partial charge in [0.05, 0.1) is 17.2 Å². The summed E-state index contributed by atoms with van der Waals surface area (Å²) in [5.74, 6) is -3.13. The third-order valence-electron chi connectivity index (χ3n) is 5.46. The summed E-state index contributed by atoms with van der Waals surface area (Å²) < 4.78 is 0. The van der Waals surface area contributed by atoms with E-state index in [0.29, 0.717) is 6.42 Å². The number of hydrogen-bond acceptors (Lipinski definition) is 4. The van der Waals surface area contributed by atoms with Gasteiger partial charge in [-0.05, 0) is 31.4 Å². The van der Waals surface area contributed by atoms with Crippen LogP contribution in [0.2, 0.25) is 0 Å². The van der Waals surface area contributed by atoms with Gasteiger partial charge in [0, 0.05) is 6.42 Å². The second kappa shape index (κ2) is 23.6. The third-order valence-corrected chi connectivity index (χ3v) is 5.46. The Morgan fingerprint density at radius 2 is 1.09 bits per heavy atom. The Hall–Kier alpha value is -1.15. The quantitative estimate of drug-likeness (QED) is 0.136. The van der Waals surface area contributed by atoms with E-state index in [1.54, 1.807) is 0 Å². The Morgan fingerprint density at radius 3 is 1.47 bits per heavy atom. The van der Waals surface area contributed by atoms with E-state index in [2.05, 4.69) is 6.92 Å². The Balaban J connectivity index is -0.000000293. The largest absolute Gasteiger partial charge is 2.00 e. The van der Waals surface area contributed by atoms with Crippen molar-refractivity contribution >= 4 is 55.6 Å². The van der Waals surface area contributed by atoms with E-state index < -0.39 is 17.9 Å². The summed E-state index contributed by atoms with van der Waals surface area (Å²) in [5.41, 5.74) is -0.380. The number of carbonyl (C=O) groups is 3. The Bertz CT molecular complexity index is 657. The fourth-order valence-corrected chi connectivity index (χ4v) is 3.52. The first-order chi connectivity index (χ1) is 15.8. The molecule has 34 heavy (non-hydrogen) atoms. The molecule has 0 aromatic heterocycles. The number of aromatic carboxylic acids is 2. The van der Waals surface area contributed by atoms with Gasteiger partial charge in [-0.1, -0.05) is 89.7 Å². The van der Waals surface area contributed by atoms with Gasteiger partial charge in [-0.2, -0.15) is 0 Å². The van der Waals surface area contributed by atoms with E-state index in [4.69, 9.17) is 15.3 Å². The molecule has 0 radical (unpaired) electrons. The van der Waals surface area contributed by atoms with Crippen molar-refractivity contribution in [2.75, 3.05) is 0 Å². The molecule has 4 N–H and O–H groups in total. The smallest absolute Gasteiger partial charge is 1.00 e. The van der Waals surface area contributed by atoms with Gasteiger partial charge in [0.25, 0.3) is 0 Å². The minimum absolute atomic E-state index is 0. The fraction of sp³-hybridized carbons (Fsp3) is 0.654. The van der Waals surface area contributed by atoms with E-state index in [0.717, 1.165) is 38.5 Å². The van der Waals surface area contributed by atoms with Crippen LogP contribution in [0.3, 0.4) is 0 Å². The average Bonchev–Trinajstić information content (AvgIpc) is 2.78. The Labute approximate surface area is 236 Å². The van der Waals surface area contributed by atoms with Crippen LogP contribution in [0.4, 0.5) is 0 Å². The molecular formula is C26H44CaO7. The molecule has 0 aliphatic heterocycles. The number of unbranched alkanes of at least 4 members (excludes halogenated alkanes) is 10. The summed E-state index contributed by atoms with van der Waals surface area (Å²) in [6.45, 7) is 2.21. The zero-order valence-corrected chi connectivity index (χ0v) is 22.9. The molecule has 0 aliphatic carbocycles. The SMILES string of the molecule is CCCCCCC(O)CCCCCCCCCCC(=O)O.O=C(O)c1ccccc1C(=O)O.[Ca+2].[H-].[H-]. The maximum Gasteiger partial charge on any atom is 2.00 e. The molecule has 0 bridgehead atoms. The minimum atomic E-state index is -1.23. The molecule has 0 fully saturated rings. The van der Waals surface area contributed by atoms with Crippen LogP contribution in [-0.4, -0.2) is 82.2 Å². The van der Waals surface area contributed by atoms with Crippen molar-refractivity contribution in [2.45, 2.75) is 109 Å². The van der Waals surface area contributed by atoms with E-state index in [-0.39, 0.29) is 57.8 Å². The van der Waals surface area contributed by atoms with Gasteiger partial charge in [0.15, 0.2) is 0 Å². The molecular weight excluding hydrogens is 464 g/mol. The van der Waals surface area contributed by atoms with Crippen LogP contribution in [-0.2, 0) is 4.79 Å². The van der Waals surface area contributed by atoms with Crippen LogP contribution in [0.1, 0.15) is 127 Å². The van der Waals surface area contributed by atoms with E-state index in [9.17, 15) is 19.5 Å². The fourth-order valence-electron chi connectivity index (χ4n) is 3.52. The van der Waals surface area contributed by atoms with Crippen molar-refractivity contribution in [1.82, 2.24) is 0 Å². The maximum absolute atomic E-state index is 10.5. The molecule has 0 saturated carbocycles. The van der Waals surface area contributed by atoms with Crippen molar-refractivity contribution in [3.63, 3.8) is 0 Å². The second-order valence-electron chi connectivity index (χ2n) is 8.42. The molecule has 8 heteroatoms. The molecule has 1 aromatic carbocycles. The third kappa shape index (κ3) is 20.2. The van der Waals surface area contributed by atoms with E-state index in [1.165, 1.54) is 75.6 Å². The van der Waals surface area contributed by atoms with Gasteiger partial charge in [0.1, 0.15) is 0 Å². The van der Waals surface area contributed by atoms with Crippen LogP contribution in [0.25, 0.3) is 0 Å². The molecule has 0 heterocycles. The summed E-state index contributed by atoms with van der Waals surface area (Å²) in [4.78, 5) is 31.3. The number of aliphatic hydroxyl groups is 1. The van der Waals surface area contributed by atoms with Crippen LogP contribution >= 0.6 is 0 Å². The monoisotopic (exact) mass is 508 g/mol. The number of rotatable bonds is 18. The number of aliphatic carboxylic acids is 1. The average molecular weight is 509 g/mol. The molecule has 0 spiro atoms. The standard InChI is InChI=1S/C18H36O3.C8H6O4.Ca.2H/c1-2-3-4-11-14-17(19)15-12-9-7-5-6-8-10-13-16-18(20)21;9-7(10)5-3-1-2-4-6(5)8(11)12;;;/h17,19H,2-16H2,1H3,(H,20,21);1-4H,(H,9,10)(H,11,12);;;/q;;+2;2*-1. The summed E-state index contributed by atoms with van der Waals surface area (Å²) in [6.07, 6.45) is 16.3. The van der Waals surface area contributed by atoms with Gasteiger partial charge in [0.2, 0.25) is 0 Å². The van der Waals surface area contributed by atoms with Crippen LogP contribution < -0.4 is 0 Å². The summed E-state index contributed by atoms with van der Waals surface area (Å²) >= 11 is 0. The normalized spacial score (nSPS) is 11.0. The molecule has 7 nitrogen and oxygen atoms in total. The number of carboxylic acid groups (broad SMARTS) is 3. The molecule has 192 valence electrons. The molecule has 1 unspecified atom stereocenters. The number of carboxylic acids is 3. The van der Waals surface area contributed by atoms with Crippen molar-refractivity contribution < 1.29 is 37.7 Å². The predicted octanol–water partition coefficient (Wildman–Crippen LogP) is 6.23. The van der Waals surface area contributed by atoms with Crippen molar-refractivity contribution in [3.8, 4) is 0 Å². The van der Waals surface area contributed by atoms with Crippen LogP contribution in [0.5, 0.6) is 0 Å². The second-order valence-corrected chi connectivity index (χ2v) is 8.42. The Morgan fingerprint density at radius 1 is 0.706 bits per heavy atom. The van der Waals surface area contributed by atoms with Crippen molar-refractivity contribution in [3.05, 3.63) is 35.4 Å². The predicted molar refractivity (Wildman–Crippen MR) is 137 cm³/mol. The number of hydrogen-bond donors (Lipinski definition) is 4. The first kappa shape index (κ1) is 35.0. The molecule has 0 aliphatic rings. The van der Waals surface area contributed by atoms with E-state index >= 15 is 0 Å². The molecule has 0 amide bonds. The number of benzene rings is 1. The van der Waals surface area contributed by atoms with Crippen LogP contribution in [0.15, 0.2) is 24.3 Å². The molecule has 1 aromatic rings. The first-order valence-electron chi connectivity index (χ1n) is 12.2. The van der Waals surface area contributed by atoms with Gasteiger partial charge in [-0.25, -0.2) is 9.59 Å². The summed E-state index contributed by atoms with van der Waals surface area (Å²) in [7, 11) is 0. The van der Waals surface area contributed by atoms with Gasteiger partial charge < -0.3 is 23.3 Å². The molecule has 1 rings (SSSR count). The minimum Gasteiger partial charge on any atom is -1.00 e. The summed E-state index contributed by atoms with van der Waals surface area (Å²) in [5, 5.41) is 35.5.